The summed E-state index contributed by atoms with van der Waals surface area (Å²) in [7, 11) is 0. The highest BCUT2D eigenvalue weighted by Gasteiger charge is 2.13. The molecule has 0 spiro atoms. The summed E-state index contributed by atoms with van der Waals surface area (Å²) in [6.45, 7) is 8.31. The average Bonchev–Trinajstić information content (AvgIpc) is 2.59. The van der Waals surface area contributed by atoms with E-state index in [1.54, 1.807) is 0 Å². The van der Waals surface area contributed by atoms with Crippen LogP contribution in [-0.2, 0) is 6.42 Å². The van der Waals surface area contributed by atoms with Crippen LogP contribution >= 0.6 is 0 Å². The van der Waals surface area contributed by atoms with E-state index in [2.05, 4.69) is 48.9 Å². The Bertz CT molecular complexity index is 607. The van der Waals surface area contributed by atoms with Crippen molar-refractivity contribution in [2.75, 3.05) is 0 Å². The SMILES string of the molecule is Cc1cc(C)c(-c2nc(CC#N)[nH]c2C)c(C)c1. The number of aryl methyl sites for hydroxylation is 4. The Morgan fingerprint density at radius 1 is 1.17 bits per heavy atom. The minimum atomic E-state index is 0.324. The molecule has 0 atom stereocenters. The fourth-order valence-electron chi connectivity index (χ4n) is 2.48. The van der Waals surface area contributed by atoms with Crippen molar-refractivity contribution in [3.05, 3.63) is 40.3 Å². The van der Waals surface area contributed by atoms with Gasteiger partial charge in [0.2, 0.25) is 0 Å². The van der Waals surface area contributed by atoms with Gasteiger partial charge in [-0.25, -0.2) is 4.98 Å². The number of aromatic amines is 1. The van der Waals surface area contributed by atoms with Gasteiger partial charge < -0.3 is 4.98 Å². The zero-order valence-electron chi connectivity index (χ0n) is 11.3. The largest absolute Gasteiger partial charge is 0.345 e. The van der Waals surface area contributed by atoms with Crippen LogP contribution < -0.4 is 0 Å². The number of nitrogens with zero attached hydrogens (tertiary/aromatic N) is 2. The predicted octanol–water partition coefficient (Wildman–Crippen LogP) is 3.38. The quantitative estimate of drug-likeness (QED) is 0.873. The molecule has 18 heavy (non-hydrogen) atoms. The van der Waals surface area contributed by atoms with Gasteiger partial charge in [-0.2, -0.15) is 5.26 Å². The average molecular weight is 239 g/mol. The summed E-state index contributed by atoms with van der Waals surface area (Å²) in [4.78, 5) is 7.72. The van der Waals surface area contributed by atoms with Crippen LogP contribution in [0, 0.1) is 39.0 Å². The van der Waals surface area contributed by atoms with E-state index in [-0.39, 0.29) is 0 Å². The van der Waals surface area contributed by atoms with Crippen molar-refractivity contribution in [2.24, 2.45) is 0 Å². The van der Waals surface area contributed by atoms with Gasteiger partial charge in [-0.1, -0.05) is 17.7 Å². The number of rotatable bonds is 2. The first kappa shape index (κ1) is 12.4. The molecule has 0 saturated carbocycles. The Labute approximate surface area is 107 Å². The number of nitriles is 1. The van der Waals surface area contributed by atoms with E-state index in [1.165, 1.54) is 22.3 Å². The summed E-state index contributed by atoms with van der Waals surface area (Å²) < 4.78 is 0. The molecule has 0 fully saturated rings. The lowest BCUT2D eigenvalue weighted by atomic mass is 9.96. The molecule has 2 rings (SSSR count). The summed E-state index contributed by atoms with van der Waals surface area (Å²) in [5.41, 5.74) is 6.89. The van der Waals surface area contributed by atoms with E-state index in [9.17, 15) is 0 Å². The maximum absolute atomic E-state index is 8.73. The van der Waals surface area contributed by atoms with E-state index in [4.69, 9.17) is 5.26 Å². The maximum atomic E-state index is 8.73. The Balaban J connectivity index is 2.59. The van der Waals surface area contributed by atoms with Gasteiger partial charge in [-0.05, 0) is 38.8 Å². The minimum absolute atomic E-state index is 0.324. The van der Waals surface area contributed by atoms with Crippen LogP contribution in [0.1, 0.15) is 28.2 Å². The second-order valence-corrected chi connectivity index (χ2v) is 4.77. The predicted molar refractivity (Wildman–Crippen MR) is 72.3 cm³/mol. The molecular weight excluding hydrogens is 222 g/mol. The second-order valence-electron chi connectivity index (χ2n) is 4.77. The normalized spacial score (nSPS) is 10.4. The third-order valence-electron chi connectivity index (χ3n) is 3.09. The number of aromatic nitrogens is 2. The zero-order chi connectivity index (χ0) is 13.3. The van der Waals surface area contributed by atoms with Gasteiger partial charge in [-0.3, -0.25) is 0 Å². The number of imidazole rings is 1. The first-order valence-electron chi connectivity index (χ1n) is 6.03. The standard InChI is InChI=1S/C15H17N3/c1-9-7-10(2)14(11(3)8-9)15-12(4)17-13(18-15)5-6-16/h7-8H,5H2,1-4H3,(H,17,18). The zero-order valence-corrected chi connectivity index (χ0v) is 11.3. The van der Waals surface area contributed by atoms with Crippen LogP contribution in [0.15, 0.2) is 12.1 Å². The van der Waals surface area contributed by atoms with E-state index in [0.29, 0.717) is 6.42 Å². The molecule has 1 N–H and O–H groups in total. The number of H-pyrrole nitrogens is 1. The molecule has 1 aromatic carbocycles. The van der Waals surface area contributed by atoms with E-state index in [0.717, 1.165) is 17.2 Å². The monoisotopic (exact) mass is 239 g/mol. The third-order valence-corrected chi connectivity index (χ3v) is 3.09. The summed E-state index contributed by atoms with van der Waals surface area (Å²) in [6.07, 6.45) is 0.324. The number of hydrogen-bond donors (Lipinski definition) is 1. The lowest BCUT2D eigenvalue weighted by Crippen LogP contribution is -1.92. The molecular formula is C15H17N3. The first-order valence-corrected chi connectivity index (χ1v) is 6.03. The van der Waals surface area contributed by atoms with Gasteiger partial charge in [0.05, 0.1) is 18.2 Å². The van der Waals surface area contributed by atoms with Gasteiger partial charge in [0.15, 0.2) is 0 Å². The molecule has 2 aromatic rings. The van der Waals surface area contributed by atoms with Crippen molar-refractivity contribution < 1.29 is 0 Å². The number of nitrogens with one attached hydrogen (secondary N) is 1. The molecule has 0 aliphatic carbocycles. The van der Waals surface area contributed by atoms with Crippen molar-refractivity contribution in [1.82, 2.24) is 9.97 Å². The van der Waals surface area contributed by atoms with Gasteiger partial charge in [-0.15, -0.1) is 0 Å². The van der Waals surface area contributed by atoms with Crippen LogP contribution in [-0.4, -0.2) is 9.97 Å². The molecule has 3 heteroatoms. The molecule has 0 aliphatic rings. The minimum Gasteiger partial charge on any atom is -0.345 e. The maximum Gasteiger partial charge on any atom is 0.121 e. The molecule has 1 heterocycles. The Hall–Kier alpha value is -2.08. The van der Waals surface area contributed by atoms with Crippen molar-refractivity contribution in [2.45, 2.75) is 34.1 Å². The highest BCUT2D eigenvalue weighted by atomic mass is 14.9. The van der Waals surface area contributed by atoms with Gasteiger partial charge in [0.25, 0.3) is 0 Å². The molecule has 0 saturated heterocycles. The van der Waals surface area contributed by atoms with Crippen LogP contribution in [0.25, 0.3) is 11.3 Å². The Kier molecular flexibility index (Phi) is 3.20. The van der Waals surface area contributed by atoms with Gasteiger partial charge in [0.1, 0.15) is 5.82 Å². The van der Waals surface area contributed by atoms with Crippen LogP contribution in [0.5, 0.6) is 0 Å². The second kappa shape index (κ2) is 4.66. The third kappa shape index (κ3) is 2.14. The smallest absolute Gasteiger partial charge is 0.121 e. The lowest BCUT2D eigenvalue weighted by Gasteiger charge is -2.09. The van der Waals surface area contributed by atoms with E-state index in [1.807, 2.05) is 6.92 Å². The molecule has 1 aromatic heterocycles. The van der Waals surface area contributed by atoms with Crippen molar-refractivity contribution in [3.8, 4) is 17.3 Å². The van der Waals surface area contributed by atoms with Crippen molar-refractivity contribution in [3.63, 3.8) is 0 Å². The topological polar surface area (TPSA) is 52.5 Å². The summed E-state index contributed by atoms with van der Waals surface area (Å²) >= 11 is 0. The number of benzene rings is 1. The highest BCUT2D eigenvalue weighted by molar-refractivity contribution is 5.70. The highest BCUT2D eigenvalue weighted by Crippen LogP contribution is 2.29. The van der Waals surface area contributed by atoms with Gasteiger partial charge >= 0.3 is 0 Å². The molecule has 0 unspecified atom stereocenters. The molecule has 0 amide bonds. The van der Waals surface area contributed by atoms with Crippen LogP contribution in [0.2, 0.25) is 0 Å². The van der Waals surface area contributed by atoms with Crippen LogP contribution in [0.4, 0.5) is 0 Å². The van der Waals surface area contributed by atoms with Crippen molar-refractivity contribution in [1.29, 1.82) is 5.26 Å². The van der Waals surface area contributed by atoms with Crippen LogP contribution in [0.3, 0.4) is 0 Å². The number of hydrogen-bond acceptors (Lipinski definition) is 2. The fraction of sp³-hybridized carbons (Fsp3) is 0.333. The molecule has 0 bridgehead atoms. The van der Waals surface area contributed by atoms with Gasteiger partial charge in [0, 0.05) is 11.3 Å². The van der Waals surface area contributed by atoms with E-state index < -0.39 is 0 Å². The van der Waals surface area contributed by atoms with Crippen molar-refractivity contribution >= 4 is 0 Å². The first-order chi connectivity index (χ1) is 8.52. The fourth-order valence-corrected chi connectivity index (χ4v) is 2.48. The molecule has 0 radical (unpaired) electrons. The lowest BCUT2D eigenvalue weighted by molar-refractivity contribution is 1.05. The Morgan fingerprint density at radius 2 is 1.78 bits per heavy atom. The molecule has 0 aliphatic heterocycles. The molecule has 92 valence electrons. The summed E-state index contributed by atoms with van der Waals surface area (Å²) in [5.74, 6) is 0.740. The molecule has 3 nitrogen and oxygen atoms in total. The van der Waals surface area contributed by atoms with E-state index >= 15 is 0 Å². The summed E-state index contributed by atoms with van der Waals surface area (Å²) in [6, 6.07) is 6.45. The Morgan fingerprint density at radius 3 is 2.33 bits per heavy atom. The summed E-state index contributed by atoms with van der Waals surface area (Å²) in [5, 5.41) is 8.73.